The summed E-state index contributed by atoms with van der Waals surface area (Å²) in [6, 6.07) is 14.5. The molecule has 0 unspecified atom stereocenters. The Morgan fingerprint density at radius 1 is 0.962 bits per heavy atom. The molecule has 1 aliphatic heterocycles. The molecule has 0 bridgehead atoms. The van der Waals surface area contributed by atoms with Crippen LogP contribution in [0.1, 0.15) is 5.56 Å². The van der Waals surface area contributed by atoms with Crippen molar-refractivity contribution in [2.75, 3.05) is 43.4 Å². The fourth-order valence-corrected chi connectivity index (χ4v) is 3.14. The third-order valence-corrected chi connectivity index (χ3v) is 4.75. The van der Waals surface area contributed by atoms with Gasteiger partial charge in [0.2, 0.25) is 5.95 Å². The molecule has 1 saturated heterocycles. The smallest absolute Gasteiger partial charge is 0.227 e. The molecule has 1 fully saturated rings. The van der Waals surface area contributed by atoms with Crippen LogP contribution in [0, 0.1) is 5.82 Å². The average molecular weight is 351 g/mol. The van der Waals surface area contributed by atoms with Gasteiger partial charge in [0.15, 0.2) is 0 Å². The highest BCUT2D eigenvalue weighted by Crippen LogP contribution is 2.24. The first-order chi connectivity index (χ1) is 12.7. The SMILES string of the molecule is CN1CCN(c2nc(NCc3ccc(F)cc3)c3ccccc3n2)CC1. The van der Waals surface area contributed by atoms with Crippen molar-refractivity contribution in [3.8, 4) is 0 Å². The van der Waals surface area contributed by atoms with Crippen LogP contribution < -0.4 is 10.2 Å². The second-order valence-electron chi connectivity index (χ2n) is 6.66. The number of benzene rings is 2. The van der Waals surface area contributed by atoms with E-state index < -0.39 is 0 Å². The number of anilines is 2. The van der Waals surface area contributed by atoms with Crippen LogP contribution in [0.2, 0.25) is 0 Å². The van der Waals surface area contributed by atoms with E-state index in [1.165, 1.54) is 12.1 Å². The Labute approximate surface area is 152 Å². The minimum absolute atomic E-state index is 0.224. The Kier molecular flexibility index (Phi) is 4.67. The summed E-state index contributed by atoms with van der Waals surface area (Å²) in [7, 11) is 2.13. The van der Waals surface area contributed by atoms with Crippen molar-refractivity contribution in [2.24, 2.45) is 0 Å². The predicted molar refractivity (Wildman–Crippen MR) is 103 cm³/mol. The molecule has 0 spiro atoms. The Bertz CT molecular complexity index is 888. The maximum atomic E-state index is 13.1. The Balaban J connectivity index is 1.62. The number of likely N-dealkylation sites (N-methyl/N-ethyl adjacent to an activating group) is 1. The van der Waals surface area contributed by atoms with Gasteiger partial charge in [0, 0.05) is 38.1 Å². The number of nitrogens with zero attached hydrogens (tertiary/aromatic N) is 4. The highest BCUT2D eigenvalue weighted by atomic mass is 19.1. The van der Waals surface area contributed by atoms with Gasteiger partial charge in [-0.1, -0.05) is 24.3 Å². The van der Waals surface area contributed by atoms with Crippen molar-refractivity contribution in [1.82, 2.24) is 14.9 Å². The number of aromatic nitrogens is 2. The maximum absolute atomic E-state index is 13.1. The van der Waals surface area contributed by atoms with Gasteiger partial charge in [0.1, 0.15) is 11.6 Å². The summed E-state index contributed by atoms with van der Waals surface area (Å²) in [6.45, 7) is 4.45. The summed E-state index contributed by atoms with van der Waals surface area (Å²) in [6.07, 6.45) is 0. The van der Waals surface area contributed by atoms with Gasteiger partial charge in [-0.15, -0.1) is 0 Å². The molecule has 0 radical (unpaired) electrons. The van der Waals surface area contributed by atoms with Crippen LogP contribution in [0.4, 0.5) is 16.2 Å². The first-order valence-corrected chi connectivity index (χ1v) is 8.87. The maximum Gasteiger partial charge on any atom is 0.227 e. The summed E-state index contributed by atoms with van der Waals surface area (Å²) in [5, 5.41) is 4.39. The van der Waals surface area contributed by atoms with Crippen molar-refractivity contribution in [2.45, 2.75) is 6.54 Å². The van der Waals surface area contributed by atoms with Crippen LogP contribution in [0.3, 0.4) is 0 Å². The number of hydrogen-bond donors (Lipinski definition) is 1. The van der Waals surface area contributed by atoms with Crippen LogP contribution in [0.25, 0.3) is 10.9 Å². The number of rotatable bonds is 4. The van der Waals surface area contributed by atoms with Gasteiger partial charge >= 0.3 is 0 Å². The highest BCUT2D eigenvalue weighted by Gasteiger charge is 2.18. The van der Waals surface area contributed by atoms with Crippen LogP contribution in [-0.4, -0.2) is 48.1 Å². The van der Waals surface area contributed by atoms with Crippen molar-refractivity contribution in [1.29, 1.82) is 0 Å². The Morgan fingerprint density at radius 3 is 2.46 bits per heavy atom. The van der Waals surface area contributed by atoms with Crippen molar-refractivity contribution in [3.63, 3.8) is 0 Å². The third-order valence-electron chi connectivity index (χ3n) is 4.75. The molecule has 6 heteroatoms. The van der Waals surface area contributed by atoms with Crippen LogP contribution in [-0.2, 0) is 6.54 Å². The zero-order chi connectivity index (χ0) is 17.9. The lowest BCUT2D eigenvalue weighted by Crippen LogP contribution is -2.45. The fourth-order valence-electron chi connectivity index (χ4n) is 3.14. The van der Waals surface area contributed by atoms with Crippen LogP contribution >= 0.6 is 0 Å². The number of piperazine rings is 1. The molecule has 134 valence electrons. The summed E-state index contributed by atoms with van der Waals surface area (Å²) in [5.74, 6) is 1.35. The molecular weight excluding hydrogens is 329 g/mol. The quantitative estimate of drug-likeness (QED) is 0.782. The van der Waals surface area contributed by atoms with Gasteiger partial charge in [0.25, 0.3) is 0 Å². The number of hydrogen-bond acceptors (Lipinski definition) is 5. The van der Waals surface area contributed by atoms with E-state index in [-0.39, 0.29) is 5.82 Å². The lowest BCUT2D eigenvalue weighted by molar-refractivity contribution is 0.311. The monoisotopic (exact) mass is 351 g/mol. The fraction of sp³-hybridized carbons (Fsp3) is 0.300. The lowest BCUT2D eigenvalue weighted by Gasteiger charge is -2.32. The first-order valence-electron chi connectivity index (χ1n) is 8.87. The second kappa shape index (κ2) is 7.25. The minimum Gasteiger partial charge on any atom is -0.365 e. The van der Waals surface area contributed by atoms with E-state index in [4.69, 9.17) is 9.97 Å². The molecule has 4 rings (SSSR count). The molecule has 0 saturated carbocycles. The van der Waals surface area contributed by atoms with E-state index in [1.807, 2.05) is 24.3 Å². The standard InChI is InChI=1S/C20H22FN5/c1-25-10-12-26(13-11-25)20-23-18-5-3-2-4-17(18)19(24-20)22-14-15-6-8-16(21)9-7-15/h2-9H,10-14H2,1H3,(H,22,23,24). The molecule has 1 N–H and O–H groups in total. The van der Waals surface area contributed by atoms with Crippen molar-refractivity contribution >= 4 is 22.7 Å². The second-order valence-corrected chi connectivity index (χ2v) is 6.66. The minimum atomic E-state index is -0.224. The highest BCUT2D eigenvalue weighted by molar-refractivity contribution is 5.90. The van der Waals surface area contributed by atoms with Gasteiger partial charge in [0.05, 0.1) is 5.52 Å². The molecular formula is C20H22FN5. The predicted octanol–water partition coefficient (Wildman–Crippen LogP) is 3.13. The van der Waals surface area contributed by atoms with Crippen LogP contribution in [0.5, 0.6) is 0 Å². The van der Waals surface area contributed by atoms with E-state index in [2.05, 4.69) is 22.2 Å². The third kappa shape index (κ3) is 3.60. The van der Waals surface area contributed by atoms with E-state index in [0.29, 0.717) is 6.54 Å². The average Bonchev–Trinajstić information content (AvgIpc) is 2.68. The normalized spacial score (nSPS) is 15.4. The Morgan fingerprint density at radius 2 is 1.69 bits per heavy atom. The Hall–Kier alpha value is -2.73. The number of nitrogens with one attached hydrogen (secondary N) is 1. The first kappa shape index (κ1) is 16.7. The van der Waals surface area contributed by atoms with Gasteiger partial charge in [-0.25, -0.2) is 9.37 Å². The molecule has 2 aromatic carbocycles. The van der Waals surface area contributed by atoms with E-state index in [9.17, 15) is 4.39 Å². The zero-order valence-electron chi connectivity index (χ0n) is 14.8. The van der Waals surface area contributed by atoms with E-state index in [1.54, 1.807) is 12.1 Å². The summed E-state index contributed by atoms with van der Waals surface area (Å²) < 4.78 is 13.1. The number of fused-ring (bicyclic) bond motifs is 1. The number of para-hydroxylation sites is 1. The molecule has 3 aromatic rings. The van der Waals surface area contributed by atoms with Gasteiger partial charge < -0.3 is 15.1 Å². The molecule has 0 aliphatic carbocycles. The molecule has 2 heterocycles. The number of halogens is 1. The zero-order valence-corrected chi connectivity index (χ0v) is 14.8. The molecule has 5 nitrogen and oxygen atoms in total. The van der Waals surface area contributed by atoms with E-state index in [0.717, 1.165) is 54.4 Å². The van der Waals surface area contributed by atoms with Gasteiger partial charge in [-0.2, -0.15) is 4.98 Å². The van der Waals surface area contributed by atoms with Crippen molar-refractivity contribution in [3.05, 3.63) is 59.9 Å². The van der Waals surface area contributed by atoms with Gasteiger partial charge in [-0.3, -0.25) is 0 Å². The molecule has 0 amide bonds. The molecule has 1 aliphatic rings. The molecule has 1 aromatic heterocycles. The lowest BCUT2D eigenvalue weighted by atomic mass is 10.2. The summed E-state index contributed by atoms with van der Waals surface area (Å²) in [5.41, 5.74) is 1.94. The molecule has 26 heavy (non-hydrogen) atoms. The van der Waals surface area contributed by atoms with E-state index >= 15 is 0 Å². The molecule has 0 atom stereocenters. The van der Waals surface area contributed by atoms with Gasteiger partial charge in [-0.05, 0) is 36.9 Å². The summed E-state index contributed by atoms with van der Waals surface area (Å²) in [4.78, 5) is 14.1. The largest absolute Gasteiger partial charge is 0.365 e. The topological polar surface area (TPSA) is 44.3 Å². The summed E-state index contributed by atoms with van der Waals surface area (Å²) >= 11 is 0. The van der Waals surface area contributed by atoms with Crippen molar-refractivity contribution < 1.29 is 4.39 Å². The van der Waals surface area contributed by atoms with Crippen LogP contribution in [0.15, 0.2) is 48.5 Å².